The summed E-state index contributed by atoms with van der Waals surface area (Å²) in [4.78, 5) is 12.4. The highest BCUT2D eigenvalue weighted by atomic mass is 16.5. The number of rotatable bonds is 3. The van der Waals surface area contributed by atoms with Gasteiger partial charge in [0.1, 0.15) is 16.7 Å². The molecule has 1 aromatic heterocycles. The van der Waals surface area contributed by atoms with Gasteiger partial charge in [-0.15, -0.1) is 0 Å². The molecule has 0 fully saturated rings. The van der Waals surface area contributed by atoms with E-state index in [0.29, 0.717) is 39.5 Å². The zero-order valence-electron chi connectivity index (χ0n) is 11.6. The molecule has 0 N–H and O–H groups in total. The Balaban J connectivity index is 3.02. The molecule has 2 rings (SSSR count). The molecule has 102 valence electrons. The largest absolute Gasteiger partial charge is 0.493 e. The second kappa shape index (κ2) is 4.84. The Bertz CT molecular complexity index is 685. The van der Waals surface area contributed by atoms with E-state index >= 15 is 0 Å². The fourth-order valence-corrected chi connectivity index (χ4v) is 2.02. The molecule has 0 unspecified atom stereocenters. The third-order valence-electron chi connectivity index (χ3n) is 3.15. The van der Waals surface area contributed by atoms with Gasteiger partial charge in [-0.1, -0.05) is 0 Å². The van der Waals surface area contributed by atoms with Gasteiger partial charge in [0.2, 0.25) is 5.75 Å². The SMILES string of the molecule is COc1cc2oc(C)c(C)c(=O)c2c(OC)c1OC. The first-order valence-electron chi connectivity index (χ1n) is 5.78. The molecule has 0 radical (unpaired) electrons. The van der Waals surface area contributed by atoms with Gasteiger partial charge in [-0.05, 0) is 13.8 Å². The summed E-state index contributed by atoms with van der Waals surface area (Å²) < 4.78 is 21.4. The molecular weight excluding hydrogens is 248 g/mol. The molecule has 19 heavy (non-hydrogen) atoms. The van der Waals surface area contributed by atoms with Crippen LogP contribution >= 0.6 is 0 Å². The minimum Gasteiger partial charge on any atom is -0.493 e. The van der Waals surface area contributed by atoms with Crippen LogP contribution in [-0.2, 0) is 0 Å². The summed E-state index contributed by atoms with van der Waals surface area (Å²) in [5.41, 5.74) is 0.845. The summed E-state index contributed by atoms with van der Waals surface area (Å²) in [6, 6.07) is 1.63. The lowest BCUT2D eigenvalue weighted by Crippen LogP contribution is -2.09. The van der Waals surface area contributed by atoms with Gasteiger partial charge in [-0.3, -0.25) is 4.79 Å². The van der Waals surface area contributed by atoms with Crippen molar-refractivity contribution < 1.29 is 18.6 Å². The molecular formula is C14H16O5. The Morgan fingerprint density at radius 3 is 2.16 bits per heavy atom. The van der Waals surface area contributed by atoms with Gasteiger partial charge in [0, 0.05) is 11.6 Å². The average Bonchev–Trinajstić information content (AvgIpc) is 2.42. The van der Waals surface area contributed by atoms with Crippen LogP contribution in [0.5, 0.6) is 17.2 Å². The highest BCUT2D eigenvalue weighted by molar-refractivity contribution is 5.89. The van der Waals surface area contributed by atoms with Crippen LogP contribution in [0.2, 0.25) is 0 Å². The summed E-state index contributed by atoms with van der Waals surface area (Å²) in [5, 5.41) is 0.364. The molecule has 0 aliphatic carbocycles. The van der Waals surface area contributed by atoms with E-state index in [1.807, 2.05) is 0 Å². The van der Waals surface area contributed by atoms with E-state index in [4.69, 9.17) is 18.6 Å². The monoisotopic (exact) mass is 264 g/mol. The minimum absolute atomic E-state index is 0.128. The molecule has 0 amide bonds. The Hall–Kier alpha value is -2.17. The second-order valence-corrected chi connectivity index (χ2v) is 4.13. The van der Waals surface area contributed by atoms with Gasteiger partial charge in [-0.25, -0.2) is 0 Å². The van der Waals surface area contributed by atoms with Crippen molar-refractivity contribution in [2.24, 2.45) is 0 Å². The lowest BCUT2D eigenvalue weighted by molar-refractivity contribution is 0.326. The number of aryl methyl sites for hydroxylation is 1. The molecule has 0 aliphatic heterocycles. The molecule has 1 aromatic carbocycles. The van der Waals surface area contributed by atoms with E-state index < -0.39 is 0 Å². The molecule has 0 spiro atoms. The number of methoxy groups -OCH3 is 3. The molecule has 2 aromatic rings. The number of hydrogen-bond donors (Lipinski definition) is 0. The Labute approximate surface area is 110 Å². The highest BCUT2D eigenvalue weighted by Crippen LogP contribution is 2.42. The van der Waals surface area contributed by atoms with E-state index in [0.717, 1.165) is 0 Å². The van der Waals surface area contributed by atoms with E-state index in [1.54, 1.807) is 19.9 Å². The van der Waals surface area contributed by atoms with Crippen LogP contribution in [0.3, 0.4) is 0 Å². The van der Waals surface area contributed by atoms with Crippen molar-refractivity contribution in [2.45, 2.75) is 13.8 Å². The first-order chi connectivity index (χ1) is 9.04. The maximum atomic E-state index is 12.4. The summed E-state index contributed by atoms with van der Waals surface area (Å²) in [5.74, 6) is 1.74. The normalized spacial score (nSPS) is 10.6. The van der Waals surface area contributed by atoms with Gasteiger partial charge in [0.15, 0.2) is 16.9 Å². The van der Waals surface area contributed by atoms with Crippen LogP contribution in [0.4, 0.5) is 0 Å². The number of ether oxygens (including phenoxy) is 3. The van der Waals surface area contributed by atoms with E-state index in [2.05, 4.69) is 0 Å². The smallest absolute Gasteiger partial charge is 0.204 e. The fraction of sp³-hybridized carbons (Fsp3) is 0.357. The first-order valence-corrected chi connectivity index (χ1v) is 5.78. The van der Waals surface area contributed by atoms with Gasteiger partial charge in [0.25, 0.3) is 0 Å². The molecule has 0 aliphatic rings. The molecule has 0 saturated carbocycles. The van der Waals surface area contributed by atoms with Crippen molar-refractivity contribution >= 4 is 11.0 Å². The topological polar surface area (TPSA) is 57.9 Å². The Kier molecular flexibility index (Phi) is 3.38. The highest BCUT2D eigenvalue weighted by Gasteiger charge is 2.21. The van der Waals surface area contributed by atoms with E-state index in [9.17, 15) is 4.79 Å². The third-order valence-corrected chi connectivity index (χ3v) is 3.15. The molecule has 0 bridgehead atoms. The van der Waals surface area contributed by atoms with Crippen molar-refractivity contribution in [3.05, 3.63) is 27.6 Å². The standard InChI is InChI=1S/C14H16O5/c1-7-8(2)19-9-6-10(16-3)13(17-4)14(18-5)11(9)12(7)15/h6H,1-5H3. The van der Waals surface area contributed by atoms with Crippen molar-refractivity contribution in [3.8, 4) is 17.2 Å². The van der Waals surface area contributed by atoms with Crippen LogP contribution in [0, 0.1) is 13.8 Å². The van der Waals surface area contributed by atoms with Crippen LogP contribution < -0.4 is 19.6 Å². The van der Waals surface area contributed by atoms with Gasteiger partial charge in [-0.2, -0.15) is 0 Å². The summed E-state index contributed by atoms with van der Waals surface area (Å²) >= 11 is 0. The number of benzene rings is 1. The van der Waals surface area contributed by atoms with Crippen LogP contribution in [0.1, 0.15) is 11.3 Å². The third kappa shape index (κ3) is 1.91. The zero-order chi connectivity index (χ0) is 14.2. The van der Waals surface area contributed by atoms with Gasteiger partial charge >= 0.3 is 0 Å². The molecule has 5 nitrogen and oxygen atoms in total. The van der Waals surface area contributed by atoms with Crippen molar-refractivity contribution in [1.29, 1.82) is 0 Å². The van der Waals surface area contributed by atoms with E-state index in [-0.39, 0.29) is 5.43 Å². The number of fused-ring (bicyclic) bond motifs is 1. The quantitative estimate of drug-likeness (QED) is 0.852. The minimum atomic E-state index is -0.128. The average molecular weight is 264 g/mol. The summed E-state index contributed by atoms with van der Waals surface area (Å²) in [6.45, 7) is 3.47. The van der Waals surface area contributed by atoms with Crippen molar-refractivity contribution in [1.82, 2.24) is 0 Å². The lowest BCUT2D eigenvalue weighted by Gasteiger charge is -2.14. The second-order valence-electron chi connectivity index (χ2n) is 4.13. The van der Waals surface area contributed by atoms with Crippen LogP contribution in [0.25, 0.3) is 11.0 Å². The van der Waals surface area contributed by atoms with Gasteiger partial charge in [0.05, 0.1) is 21.3 Å². The Morgan fingerprint density at radius 1 is 1.00 bits per heavy atom. The van der Waals surface area contributed by atoms with Crippen molar-refractivity contribution in [2.75, 3.05) is 21.3 Å². The summed E-state index contributed by atoms with van der Waals surface area (Å²) in [6.07, 6.45) is 0. The molecule has 0 saturated heterocycles. The molecule has 5 heteroatoms. The molecule has 0 atom stereocenters. The Morgan fingerprint density at radius 2 is 1.63 bits per heavy atom. The van der Waals surface area contributed by atoms with Crippen LogP contribution in [0.15, 0.2) is 15.3 Å². The van der Waals surface area contributed by atoms with Crippen molar-refractivity contribution in [3.63, 3.8) is 0 Å². The fourth-order valence-electron chi connectivity index (χ4n) is 2.02. The summed E-state index contributed by atoms with van der Waals surface area (Å²) in [7, 11) is 4.49. The predicted octanol–water partition coefficient (Wildman–Crippen LogP) is 2.44. The predicted molar refractivity (Wildman–Crippen MR) is 71.6 cm³/mol. The first kappa shape index (κ1) is 13.3. The maximum Gasteiger partial charge on any atom is 0.204 e. The van der Waals surface area contributed by atoms with Crippen LogP contribution in [-0.4, -0.2) is 21.3 Å². The van der Waals surface area contributed by atoms with Gasteiger partial charge < -0.3 is 18.6 Å². The number of hydrogen-bond acceptors (Lipinski definition) is 5. The lowest BCUT2D eigenvalue weighted by atomic mass is 10.1. The maximum absolute atomic E-state index is 12.4. The molecule has 1 heterocycles. The zero-order valence-corrected chi connectivity index (χ0v) is 11.6. The van der Waals surface area contributed by atoms with E-state index in [1.165, 1.54) is 21.3 Å².